The van der Waals surface area contributed by atoms with Crippen LogP contribution in [0.2, 0.25) is 0 Å². The minimum atomic E-state index is -0.313. The molecule has 0 aliphatic rings. The Morgan fingerprint density at radius 3 is 1.88 bits per heavy atom. The van der Waals surface area contributed by atoms with E-state index >= 15 is 0 Å². The van der Waals surface area contributed by atoms with Crippen LogP contribution >= 0.6 is 0 Å². The number of carbonyl (C=O) groups is 1. The number of methoxy groups -OCH3 is 1. The summed E-state index contributed by atoms with van der Waals surface area (Å²) < 4.78 is 15.6. The van der Waals surface area contributed by atoms with Gasteiger partial charge < -0.3 is 14.2 Å². The maximum Gasteiger partial charge on any atom is 0.344 e. The predicted molar refractivity (Wildman–Crippen MR) is 101 cm³/mol. The monoisotopic (exact) mass is 350 g/mol. The van der Waals surface area contributed by atoms with Crippen molar-refractivity contribution in [3.05, 3.63) is 24.3 Å². The van der Waals surface area contributed by atoms with Crippen molar-refractivity contribution in [2.45, 2.75) is 71.1 Å². The first kappa shape index (κ1) is 21.3. The lowest BCUT2D eigenvalue weighted by molar-refractivity contribution is -0.146. The van der Waals surface area contributed by atoms with Gasteiger partial charge in [-0.3, -0.25) is 0 Å². The molecule has 0 bridgehead atoms. The van der Waals surface area contributed by atoms with Crippen molar-refractivity contribution in [2.75, 3.05) is 20.3 Å². The van der Waals surface area contributed by atoms with Crippen LogP contribution < -0.4 is 9.47 Å². The third kappa shape index (κ3) is 11.5. The minimum absolute atomic E-state index is 0.0515. The van der Waals surface area contributed by atoms with Gasteiger partial charge in [-0.25, -0.2) is 4.79 Å². The highest BCUT2D eigenvalue weighted by Crippen LogP contribution is 2.17. The molecule has 0 aliphatic heterocycles. The summed E-state index contributed by atoms with van der Waals surface area (Å²) >= 11 is 0. The quantitative estimate of drug-likeness (QED) is 0.308. The molecule has 1 aromatic rings. The maximum atomic E-state index is 11.6. The van der Waals surface area contributed by atoms with E-state index < -0.39 is 0 Å². The van der Waals surface area contributed by atoms with Gasteiger partial charge in [0.1, 0.15) is 11.5 Å². The van der Waals surface area contributed by atoms with E-state index in [2.05, 4.69) is 6.92 Å². The Balaban J connectivity index is 1.91. The Hall–Kier alpha value is -1.71. The summed E-state index contributed by atoms with van der Waals surface area (Å²) in [6.45, 7) is 2.68. The molecule has 0 amide bonds. The zero-order chi connectivity index (χ0) is 18.2. The molecule has 142 valence electrons. The van der Waals surface area contributed by atoms with Gasteiger partial charge in [-0.05, 0) is 30.7 Å². The second-order valence-electron chi connectivity index (χ2n) is 6.37. The summed E-state index contributed by atoms with van der Waals surface area (Å²) in [5, 5.41) is 0. The summed E-state index contributed by atoms with van der Waals surface area (Å²) in [5.41, 5.74) is 0. The van der Waals surface area contributed by atoms with Gasteiger partial charge in [0.15, 0.2) is 6.61 Å². The van der Waals surface area contributed by atoms with E-state index in [1.165, 1.54) is 51.4 Å². The van der Waals surface area contributed by atoms with E-state index in [4.69, 9.17) is 14.2 Å². The Morgan fingerprint density at radius 2 is 1.32 bits per heavy atom. The predicted octanol–water partition coefficient (Wildman–Crippen LogP) is 5.54. The largest absolute Gasteiger partial charge is 0.497 e. The molecule has 0 radical (unpaired) electrons. The van der Waals surface area contributed by atoms with Crippen LogP contribution in [0.15, 0.2) is 24.3 Å². The fraction of sp³-hybridized carbons (Fsp3) is 0.667. The van der Waals surface area contributed by atoms with Crippen LogP contribution in [0.5, 0.6) is 11.5 Å². The van der Waals surface area contributed by atoms with Gasteiger partial charge in [-0.2, -0.15) is 0 Å². The fourth-order valence-electron chi connectivity index (χ4n) is 2.63. The van der Waals surface area contributed by atoms with Crippen LogP contribution in [0.1, 0.15) is 71.1 Å². The zero-order valence-corrected chi connectivity index (χ0v) is 15.9. The standard InChI is InChI=1S/C21H34O4/c1-3-4-5-6-7-8-9-10-11-12-17-24-21(22)18-25-20-15-13-19(23-2)14-16-20/h13-16H,3-12,17-18H2,1-2H3. The highest BCUT2D eigenvalue weighted by molar-refractivity contribution is 5.71. The van der Waals surface area contributed by atoms with E-state index in [-0.39, 0.29) is 12.6 Å². The average molecular weight is 350 g/mol. The second-order valence-corrected chi connectivity index (χ2v) is 6.37. The molecule has 0 aromatic heterocycles. The Bertz CT molecular complexity index is 442. The lowest BCUT2D eigenvalue weighted by atomic mass is 10.1. The first-order chi connectivity index (χ1) is 12.3. The molecule has 0 atom stereocenters. The van der Waals surface area contributed by atoms with Gasteiger partial charge in [0.05, 0.1) is 13.7 Å². The van der Waals surface area contributed by atoms with Crippen molar-refractivity contribution in [1.29, 1.82) is 0 Å². The second kappa shape index (κ2) is 14.6. The van der Waals surface area contributed by atoms with Gasteiger partial charge in [0, 0.05) is 0 Å². The topological polar surface area (TPSA) is 44.8 Å². The summed E-state index contributed by atoms with van der Waals surface area (Å²) in [6.07, 6.45) is 12.7. The number of benzene rings is 1. The van der Waals surface area contributed by atoms with Crippen molar-refractivity contribution in [1.82, 2.24) is 0 Å². The Kier molecular flexibility index (Phi) is 12.5. The molecule has 0 spiro atoms. The third-order valence-corrected chi connectivity index (χ3v) is 4.18. The van der Waals surface area contributed by atoms with Crippen LogP contribution in [0.4, 0.5) is 0 Å². The summed E-state index contributed by atoms with van der Waals surface area (Å²) in [5.74, 6) is 1.08. The summed E-state index contributed by atoms with van der Waals surface area (Å²) in [7, 11) is 1.61. The lowest BCUT2D eigenvalue weighted by Gasteiger charge is -2.08. The van der Waals surface area contributed by atoms with Gasteiger partial charge in [-0.15, -0.1) is 0 Å². The normalized spacial score (nSPS) is 10.5. The van der Waals surface area contributed by atoms with Gasteiger partial charge in [-0.1, -0.05) is 64.7 Å². The van der Waals surface area contributed by atoms with Crippen molar-refractivity contribution >= 4 is 5.97 Å². The van der Waals surface area contributed by atoms with Gasteiger partial charge >= 0.3 is 5.97 Å². The molecule has 1 aromatic carbocycles. The number of rotatable bonds is 15. The van der Waals surface area contributed by atoms with Gasteiger partial charge in [0.25, 0.3) is 0 Å². The van der Waals surface area contributed by atoms with E-state index in [1.807, 2.05) is 0 Å². The smallest absolute Gasteiger partial charge is 0.344 e. The van der Waals surface area contributed by atoms with Crippen LogP contribution in [0.3, 0.4) is 0 Å². The Morgan fingerprint density at radius 1 is 0.800 bits per heavy atom. The molecule has 0 saturated heterocycles. The maximum absolute atomic E-state index is 11.6. The van der Waals surface area contributed by atoms with Crippen molar-refractivity contribution in [3.63, 3.8) is 0 Å². The van der Waals surface area contributed by atoms with Crippen LogP contribution in [0, 0.1) is 0 Å². The molecule has 0 N–H and O–H groups in total. The van der Waals surface area contributed by atoms with Gasteiger partial charge in [0.2, 0.25) is 0 Å². The molecule has 1 rings (SSSR count). The van der Waals surface area contributed by atoms with Crippen LogP contribution in [0.25, 0.3) is 0 Å². The number of hydrogen-bond acceptors (Lipinski definition) is 4. The molecule has 4 nitrogen and oxygen atoms in total. The first-order valence-electron chi connectivity index (χ1n) is 9.68. The van der Waals surface area contributed by atoms with E-state index in [0.29, 0.717) is 12.4 Å². The highest BCUT2D eigenvalue weighted by Gasteiger charge is 2.04. The molecule has 0 saturated carbocycles. The molecule has 4 heteroatoms. The summed E-state index contributed by atoms with van der Waals surface area (Å²) in [4.78, 5) is 11.6. The molecule has 25 heavy (non-hydrogen) atoms. The van der Waals surface area contributed by atoms with E-state index in [1.54, 1.807) is 31.4 Å². The number of unbranched alkanes of at least 4 members (excludes halogenated alkanes) is 9. The van der Waals surface area contributed by atoms with Crippen molar-refractivity contribution in [2.24, 2.45) is 0 Å². The molecule has 0 heterocycles. The molecule has 0 unspecified atom stereocenters. The third-order valence-electron chi connectivity index (χ3n) is 4.18. The van der Waals surface area contributed by atoms with Crippen molar-refractivity contribution < 1.29 is 19.0 Å². The minimum Gasteiger partial charge on any atom is -0.497 e. The van der Waals surface area contributed by atoms with Crippen LogP contribution in [-0.2, 0) is 9.53 Å². The fourth-order valence-corrected chi connectivity index (χ4v) is 2.63. The van der Waals surface area contributed by atoms with E-state index in [0.717, 1.165) is 18.6 Å². The number of carbonyl (C=O) groups excluding carboxylic acids is 1. The number of esters is 1. The van der Waals surface area contributed by atoms with Crippen LogP contribution in [-0.4, -0.2) is 26.3 Å². The molecule has 0 aliphatic carbocycles. The highest BCUT2D eigenvalue weighted by atomic mass is 16.6. The SMILES string of the molecule is CCCCCCCCCCCCOC(=O)COc1ccc(OC)cc1. The Labute approximate surface area is 152 Å². The molecule has 0 fully saturated rings. The summed E-state index contributed by atoms with van der Waals surface area (Å²) in [6, 6.07) is 7.14. The van der Waals surface area contributed by atoms with Crippen molar-refractivity contribution in [3.8, 4) is 11.5 Å². The number of hydrogen-bond donors (Lipinski definition) is 0. The average Bonchev–Trinajstić information content (AvgIpc) is 2.65. The molecular weight excluding hydrogens is 316 g/mol. The van der Waals surface area contributed by atoms with E-state index in [9.17, 15) is 4.79 Å². The first-order valence-corrected chi connectivity index (χ1v) is 9.68. The number of ether oxygens (including phenoxy) is 3. The lowest BCUT2D eigenvalue weighted by Crippen LogP contribution is -2.15. The zero-order valence-electron chi connectivity index (χ0n) is 15.9. The molecular formula is C21H34O4.